The zero-order chi connectivity index (χ0) is 14.5. The van der Waals surface area contributed by atoms with Gasteiger partial charge in [-0.1, -0.05) is 44.2 Å². The largest absolute Gasteiger partial charge is 0.485 e. The molecule has 0 amide bonds. The van der Waals surface area contributed by atoms with Gasteiger partial charge in [-0.3, -0.25) is 4.79 Å². The lowest BCUT2D eigenvalue weighted by Gasteiger charge is -2.13. The van der Waals surface area contributed by atoms with E-state index in [9.17, 15) is 4.79 Å². The van der Waals surface area contributed by atoms with Crippen molar-refractivity contribution in [3.05, 3.63) is 63.2 Å². The number of carbonyl (C=O) groups is 1. The first-order valence-electron chi connectivity index (χ1n) is 6.58. The summed E-state index contributed by atoms with van der Waals surface area (Å²) >= 11 is 2.22. The van der Waals surface area contributed by atoms with E-state index in [1.165, 1.54) is 0 Å². The van der Waals surface area contributed by atoms with Gasteiger partial charge < -0.3 is 4.74 Å². The van der Waals surface area contributed by atoms with E-state index < -0.39 is 0 Å². The summed E-state index contributed by atoms with van der Waals surface area (Å²) < 4.78 is 6.81. The molecule has 0 N–H and O–H groups in total. The van der Waals surface area contributed by atoms with Crippen LogP contribution >= 0.6 is 22.6 Å². The molecular weight excluding hydrogens is 363 g/mol. The maximum atomic E-state index is 12.1. The highest BCUT2D eigenvalue weighted by atomic mass is 127. The fourth-order valence-electron chi connectivity index (χ4n) is 1.95. The molecule has 0 aliphatic rings. The van der Waals surface area contributed by atoms with E-state index in [1.54, 1.807) is 0 Å². The molecule has 104 valence electrons. The molecule has 0 atom stereocenters. The quantitative estimate of drug-likeness (QED) is 0.556. The number of para-hydroxylation sites is 1. The first kappa shape index (κ1) is 15.0. The second-order valence-corrected chi connectivity index (χ2v) is 6.16. The Morgan fingerprint density at radius 2 is 1.75 bits per heavy atom. The van der Waals surface area contributed by atoms with E-state index >= 15 is 0 Å². The average molecular weight is 380 g/mol. The molecule has 0 saturated heterocycles. The van der Waals surface area contributed by atoms with Crippen molar-refractivity contribution in [3.8, 4) is 5.75 Å². The highest BCUT2D eigenvalue weighted by Crippen LogP contribution is 2.25. The number of ketones is 1. The number of hydrogen-bond donors (Lipinski definition) is 0. The van der Waals surface area contributed by atoms with E-state index in [2.05, 4.69) is 36.4 Å². The van der Waals surface area contributed by atoms with Crippen molar-refractivity contribution in [2.45, 2.75) is 19.8 Å². The molecule has 0 bridgehead atoms. The lowest BCUT2D eigenvalue weighted by Crippen LogP contribution is -2.12. The number of ether oxygens (including phenoxy) is 1. The Hall–Kier alpha value is -1.36. The lowest BCUT2D eigenvalue weighted by molar-refractivity contribution is 0.0920. The normalized spacial score (nSPS) is 10.6. The van der Waals surface area contributed by atoms with Crippen LogP contribution in [0, 0.1) is 3.57 Å². The maximum Gasteiger partial charge on any atom is 0.200 e. The molecule has 0 fully saturated rings. The standard InChI is InChI=1S/C17H17IO2/c1-12(2)15-5-3-4-6-17(15)20-11-16(19)13-7-9-14(18)10-8-13/h3-10,12H,11H2,1-2H3. The minimum absolute atomic E-state index is 0.0000378. The van der Waals surface area contributed by atoms with Gasteiger partial charge in [0.15, 0.2) is 12.4 Å². The number of Topliss-reactive ketones (excluding diaryl/α,β-unsaturated/α-hetero) is 1. The molecule has 20 heavy (non-hydrogen) atoms. The van der Waals surface area contributed by atoms with Gasteiger partial charge in [0, 0.05) is 9.13 Å². The fraction of sp³-hybridized carbons (Fsp3) is 0.235. The maximum absolute atomic E-state index is 12.1. The van der Waals surface area contributed by atoms with Crippen molar-refractivity contribution in [3.63, 3.8) is 0 Å². The highest BCUT2D eigenvalue weighted by molar-refractivity contribution is 14.1. The van der Waals surface area contributed by atoms with E-state index in [0.29, 0.717) is 11.5 Å². The Kier molecular flexibility index (Phi) is 5.17. The molecule has 3 heteroatoms. The Balaban J connectivity index is 2.05. The summed E-state index contributed by atoms with van der Waals surface area (Å²) in [6.45, 7) is 4.30. The van der Waals surface area contributed by atoms with Crippen LogP contribution in [0.2, 0.25) is 0 Å². The van der Waals surface area contributed by atoms with Crippen LogP contribution in [0.3, 0.4) is 0 Å². The number of carbonyl (C=O) groups excluding carboxylic acids is 1. The van der Waals surface area contributed by atoms with Crippen molar-refractivity contribution >= 4 is 28.4 Å². The second-order valence-electron chi connectivity index (χ2n) is 4.91. The molecule has 0 aliphatic carbocycles. The summed E-state index contributed by atoms with van der Waals surface area (Å²) in [5.41, 5.74) is 1.82. The predicted molar refractivity (Wildman–Crippen MR) is 89.5 cm³/mol. The topological polar surface area (TPSA) is 26.3 Å². The molecule has 0 heterocycles. The first-order chi connectivity index (χ1) is 9.58. The zero-order valence-electron chi connectivity index (χ0n) is 11.6. The van der Waals surface area contributed by atoms with Gasteiger partial charge in [0.2, 0.25) is 0 Å². The van der Waals surface area contributed by atoms with Gasteiger partial charge in [-0.2, -0.15) is 0 Å². The van der Waals surface area contributed by atoms with Crippen LogP contribution in [0.25, 0.3) is 0 Å². The van der Waals surface area contributed by atoms with E-state index in [4.69, 9.17) is 4.74 Å². The van der Waals surface area contributed by atoms with Gasteiger partial charge in [0.05, 0.1) is 0 Å². The molecule has 0 radical (unpaired) electrons. The second kappa shape index (κ2) is 6.88. The van der Waals surface area contributed by atoms with Crippen molar-refractivity contribution < 1.29 is 9.53 Å². The van der Waals surface area contributed by atoms with Crippen LogP contribution in [-0.2, 0) is 0 Å². The molecule has 0 unspecified atom stereocenters. The number of rotatable bonds is 5. The minimum Gasteiger partial charge on any atom is -0.485 e. The molecule has 0 aliphatic heterocycles. The molecule has 0 saturated carbocycles. The summed E-state index contributed by atoms with van der Waals surface area (Å²) in [6, 6.07) is 15.4. The van der Waals surface area contributed by atoms with E-state index in [-0.39, 0.29) is 12.4 Å². The van der Waals surface area contributed by atoms with Crippen molar-refractivity contribution in [1.29, 1.82) is 0 Å². The summed E-state index contributed by atoms with van der Waals surface area (Å²) in [4.78, 5) is 12.1. The van der Waals surface area contributed by atoms with Gasteiger partial charge in [0.1, 0.15) is 5.75 Å². The fourth-order valence-corrected chi connectivity index (χ4v) is 2.31. The van der Waals surface area contributed by atoms with Gasteiger partial charge in [-0.05, 0) is 52.3 Å². The predicted octanol–water partition coefficient (Wildman–Crippen LogP) is 4.68. The molecule has 2 aromatic rings. The summed E-state index contributed by atoms with van der Waals surface area (Å²) in [5, 5.41) is 0. The van der Waals surface area contributed by atoms with Crippen LogP contribution in [0.1, 0.15) is 35.7 Å². The van der Waals surface area contributed by atoms with E-state index in [1.807, 2.05) is 48.5 Å². The molecule has 2 rings (SSSR count). The molecule has 2 nitrogen and oxygen atoms in total. The molecule has 0 spiro atoms. The van der Waals surface area contributed by atoms with Gasteiger partial charge in [-0.15, -0.1) is 0 Å². The van der Waals surface area contributed by atoms with Crippen LogP contribution in [-0.4, -0.2) is 12.4 Å². The third kappa shape index (κ3) is 3.82. The first-order valence-corrected chi connectivity index (χ1v) is 7.66. The van der Waals surface area contributed by atoms with Crippen LogP contribution in [0.15, 0.2) is 48.5 Å². The Morgan fingerprint density at radius 1 is 1.10 bits per heavy atom. The lowest BCUT2D eigenvalue weighted by atomic mass is 10.0. The third-order valence-electron chi connectivity index (χ3n) is 3.07. The van der Waals surface area contributed by atoms with Crippen molar-refractivity contribution in [1.82, 2.24) is 0 Å². The van der Waals surface area contributed by atoms with Gasteiger partial charge in [0.25, 0.3) is 0 Å². The monoisotopic (exact) mass is 380 g/mol. The average Bonchev–Trinajstić information content (AvgIpc) is 2.45. The Morgan fingerprint density at radius 3 is 2.40 bits per heavy atom. The van der Waals surface area contributed by atoms with Crippen LogP contribution < -0.4 is 4.74 Å². The smallest absolute Gasteiger partial charge is 0.200 e. The Labute approximate surface area is 133 Å². The highest BCUT2D eigenvalue weighted by Gasteiger charge is 2.10. The van der Waals surface area contributed by atoms with Crippen molar-refractivity contribution in [2.24, 2.45) is 0 Å². The van der Waals surface area contributed by atoms with Crippen LogP contribution in [0.5, 0.6) is 5.75 Å². The van der Waals surface area contributed by atoms with Crippen molar-refractivity contribution in [2.75, 3.05) is 6.61 Å². The molecular formula is C17H17IO2. The van der Waals surface area contributed by atoms with Crippen LogP contribution in [0.4, 0.5) is 0 Å². The number of halogens is 1. The molecule has 0 aromatic heterocycles. The summed E-state index contributed by atoms with van der Waals surface area (Å²) in [6.07, 6.45) is 0. The zero-order valence-corrected chi connectivity index (χ0v) is 13.8. The SMILES string of the molecule is CC(C)c1ccccc1OCC(=O)c1ccc(I)cc1. The molecule has 2 aromatic carbocycles. The Bertz CT molecular complexity index is 588. The third-order valence-corrected chi connectivity index (χ3v) is 3.79. The van der Waals surface area contributed by atoms with Gasteiger partial charge >= 0.3 is 0 Å². The number of hydrogen-bond acceptors (Lipinski definition) is 2. The minimum atomic E-state index is -0.0000378. The summed E-state index contributed by atoms with van der Waals surface area (Å²) in [5.74, 6) is 1.17. The summed E-state index contributed by atoms with van der Waals surface area (Å²) in [7, 11) is 0. The number of benzene rings is 2. The van der Waals surface area contributed by atoms with Gasteiger partial charge in [-0.25, -0.2) is 0 Å². The van der Waals surface area contributed by atoms with E-state index in [0.717, 1.165) is 14.9 Å².